The fourth-order valence-electron chi connectivity index (χ4n) is 1.80. The first kappa shape index (κ1) is 11.5. The number of rotatable bonds is 3. The molecule has 1 fully saturated rings. The van der Waals surface area contributed by atoms with Crippen LogP contribution in [0.25, 0.3) is 0 Å². The lowest BCUT2D eigenvalue weighted by atomic mass is 10.3. The molecule has 1 aromatic heterocycles. The summed E-state index contributed by atoms with van der Waals surface area (Å²) in [6, 6.07) is 5.37. The average Bonchev–Trinajstić information content (AvgIpc) is 2.29. The molecule has 90 valence electrons. The van der Waals surface area contributed by atoms with Crippen LogP contribution in [0.5, 0.6) is 0 Å². The molecule has 0 atom stereocenters. The Bertz CT molecular complexity index is 421. The molecule has 17 heavy (non-hydrogen) atoms. The van der Waals surface area contributed by atoms with E-state index >= 15 is 0 Å². The largest absolute Gasteiger partial charge is 0.480 e. The smallest absolute Gasteiger partial charge is 0.317 e. The normalized spacial score (nSPS) is 17.2. The van der Waals surface area contributed by atoms with Crippen LogP contribution in [0.15, 0.2) is 24.4 Å². The van der Waals surface area contributed by atoms with E-state index in [1.54, 1.807) is 28.1 Å². The molecule has 0 aromatic carbocycles. The third-order valence-electron chi connectivity index (χ3n) is 2.58. The second-order valence-corrected chi connectivity index (χ2v) is 3.84. The Morgan fingerprint density at radius 1 is 1.41 bits per heavy atom. The minimum absolute atomic E-state index is 0.0954. The van der Waals surface area contributed by atoms with Crippen LogP contribution in [-0.2, 0) is 9.59 Å². The van der Waals surface area contributed by atoms with Gasteiger partial charge in [0.15, 0.2) is 0 Å². The maximum atomic E-state index is 11.8. The third kappa shape index (κ3) is 2.79. The Labute approximate surface area is 98.5 Å². The number of aromatic nitrogens is 1. The summed E-state index contributed by atoms with van der Waals surface area (Å²) < 4.78 is 0. The quantitative estimate of drug-likeness (QED) is 0.786. The Hall–Kier alpha value is -1.95. The molecule has 0 saturated carbocycles. The molecular formula is C11H13N3O3. The SMILES string of the molecule is O=C(O)CN1CCN(c2ccccn2)C(=O)C1. The van der Waals surface area contributed by atoms with Gasteiger partial charge in [-0.25, -0.2) is 4.98 Å². The van der Waals surface area contributed by atoms with E-state index in [2.05, 4.69) is 4.98 Å². The molecule has 0 aliphatic carbocycles. The zero-order valence-corrected chi connectivity index (χ0v) is 9.24. The number of hydrogen-bond acceptors (Lipinski definition) is 4. The molecule has 0 unspecified atom stereocenters. The first-order chi connectivity index (χ1) is 8.16. The molecule has 6 heteroatoms. The van der Waals surface area contributed by atoms with E-state index in [0.29, 0.717) is 18.9 Å². The molecule has 1 aliphatic heterocycles. The second kappa shape index (κ2) is 4.92. The van der Waals surface area contributed by atoms with E-state index in [9.17, 15) is 9.59 Å². The van der Waals surface area contributed by atoms with E-state index in [1.165, 1.54) is 0 Å². The Balaban J connectivity index is 2.02. The van der Waals surface area contributed by atoms with Crippen LogP contribution in [0, 0.1) is 0 Å². The molecular weight excluding hydrogens is 222 g/mol. The number of carbonyl (C=O) groups excluding carboxylic acids is 1. The maximum absolute atomic E-state index is 11.8. The van der Waals surface area contributed by atoms with Crippen LogP contribution in [-0.4, -0.2) is 53.0 Å². The Morgan fingerprint density at radius 3 is 2.82 bits per heavy atom. The summed E-state index contributed by atoms with van der Waals surface area (Å²) in [6.45, 7) is 1.06. The zero-order valence-electron chi connectivity index (χ0n) is 9.24. The second-order valence-electron chi connectivity index (χ2n) is 3.84. The summed E-state index contributed by atoms with van der Waals surface area (Å²) >= 11 is 0. The number of nitrogens with zero attached hydrogens (tertiary/aromatic N) is 3. The number of carbonyl (C=O) groups is 2. The van der Waals surface area contributed by atoms with Gasteiger partial charge < -0.3 is 5.11 Å². The number of piperazine rings is 1. The molecule has 1 N–H and O–H groups in total. The summed E-state index contributed by atoms with van der Waals surface area (Å²) in [6.07, 6.45) is 1.63. The first-order valence-electron chi connectivity index (χ1n) is 5.32. The third-order valence-corrected chi connectivity index (χ3v) is 2.58. The van der Waals surface area contributed by atoms with Gasteiger partial charge in [0.05, 0.1) is 13.1 Å². The van der Waals surface area contributed by atoms with Gasteiger partial charge in [0, 0.05) is 19.3 Å². The van der Waals surface area contributed by atoms with Crippen molar-refractivity contribution in [2.24, 2.45) is 0 Å². The fourth-order valence-corrected chi connectivity index (χ4v) is 1.80. The van der Waals surface area contributed by atoms with Crippen LogP contribution in [0.1, 0.15) is 0 Å². The number of amides is 1. The maximum Gasteiger partial charge on any atom is 0.317 e. The van der Waals surface area contributed by atoms with Gasteiger partial charge in [0.2, 0.25) is 5.91 Å². The van der Waals surface area contributed by atoms with Crippen LogP contribution in [0.3, 0.4) is 0 Å². The Kier molecular flexibility index (Phi) is 3.34. The summed E-state index contributed by atoms with van der Waals surface area (Å²) in [7, 11) is 0. The van der Waals surface area contributed by atoms with E-state index in [1.807, 2.05) is 6.07 Å². The van der Waals surface area contributed by atoms with Crippen molar-refractivity contribution in [1.82, 2.24) is 9.88 Å². The fraction of sp³-hybridized carbons (Fsp3) is 0.364. The molecule has 1 aliphatic rings. The van der Waals surface area contributed by atoms with Gasteiger partial charge in [-0.2, -0.15) is 0 Å². The van der Waals surface area contributed by atoms with E-state index in [0.717, 1.165) is 0 Å². The molecule has 2 heterocycles. The van der Waals surface area contributed by atoms with E-state index in [4.69, 9.17) is 5.11 Å². The molecule has 0 radical (unpaired) electrons. The predicted molar refractivity (Wildman–Crippen MR) is 60.7 cm³/mol. The lowest BCUT2D eigenvalue weighted by molar-refractivity contribution is -0.138. The number of hydrogen-bond donors (Lipinski definition) is 1. The van der Waals surface area contributed by atoms with Gasteiger partial charge in [-0.05, 0) is 12.1 Å². The molecule has 0 bridgehead atoms. The summed E-state index contributed by atoms with van der Waals surface area (Å²) in [5.74, 6) is -0.409. The van der Waals surface area contributed by atoms with Crippen molar-refractivity contribution in [2.75, 3.05) is 31.1 Å². The molecule has 0 spiro atoms. The minimum atomic E-state index is -0.913. The topological polar surface area (TPSA) is 73.7 Å². The van der Waals surface area contributed by atoms with Gasteiger partial charge in [0.25, 0.3) is 0 Å². The highest BCUT2D eigenvalue weighted by Gasteiger charge is 2.26. The first-order valence-corrected chi connectivity index (χ1v) is 5.32. The number of pyridine rings is 1. The van der Waals surface area contributed by atoms with Crippen LogP contribution >= 0.6 is 0 Å². The van der Waals surface area contributed by atoms with Gasteiger partial charge in [-0.15, -0.1) is 0 Å². The summed E-state index contributed by atoms with van der Waals surface area (Å²) in [5.41, 5.74) is 0. The van der Waals surface area contributed by atoms with E-state index < -0.39 is 5.97 Å². The summed E-state index contributed by atoms with van der Waals surface area (Å²) in [5, 5.41) is 8.66. The number of carboxylic acids is 1. The Morgan fingerprint density at radius 2 is 2.24 bits per heavy atom. The van der Waals surface area contributed by atoms with Gasteiger partial charge in [0.1, 0.15) is 5.82 Å². The summed E-state index contributed by atoms with van der Waals surface area (Å²) in [4.78, 5) is 29.7. The molecule has 2 rings (SSSR count). The molecule has 1 saturated heterocycles. The predicted octanol–water partition coefficient (Wildman–Crippen LogP) is -0.185. The van der Waals surface area contributed by atoms with Gasteiger partial charge in [-0.3, -0.25) is 19.4 Å². The zero-order chi connectivity index (χ0) is 12.3. The number of carboxylic acid groups (broad SMARTS) is 1. The van der Waals surface area contributed by atoms with Crippen molar-refractivity contribution in [3.05, 3.63) is 24.4 Å². The van der Waals surface area contributed by atoms with Crippen molar-refractivity contribution >= 4 is 17.7 Å². The lowest BCUT2D eigenvalue weighted by Gasteiger charge is -2.32. The van der Waals surface area contributed by atoms with Crippen molar-refractivity contribution in [2.45, 2.75) is 0 Å². The standard InChI is InChI=1S/C11H13N3O3/c15-10-7-13(8-11(16)17)5-6-14(10)9-3-1-2-4-12-9/h1-4H,5-8H2,(H,16,17). The monoisotopic (exact) mass is 235 g/mol. The van der Waals surface area contributed by atoms with Crippen molar-refractivity contribution in [1.29, 1.82) is 0 Å². The minimum Gasteiger partial charge on any atom is -0.480 e. The van der Waals surface area contributed by atoms with Crippen molar-refractivity contribution < 1.29 is 14.7 Å². The lowest BCUT2D eigenvalue weighted by Crippen LogP contribution is -2.51. The number of anilines is 1. The molecule has 6 nitrogen and oxygen atoms in total. The van der Waals surface area contributed by atoms with E-state index in [-0.39, 0.29) is 19.0 Å². The molecule has 1 amide bonds. The number of aliphatic carboxylic acids is 1. The van der Waals surface area contributed by atoms with Crippen molar-refractivity contribution in [3.63, 3.8) is 0 Å². The highest BCUT2D eigenvalue weighted by Crippen LogP contribution is 2.13. The molecule has 1 aromatic rings. The van der Waals surface area contributed by atoms with Crippen LogP contribution in [0.2, 0.25) is 0 Å². The highest BCUT2D eigenvalue weighted by atomic mass is 16.4. The van der Waals surface area contributed by atoms with Gasteiger partial charge in [-0.1, -0.05) is 6.07 Å². The van der Waals surface area contributed by atoms with Crippen molar-refractivity contribution in [3.8, 4) is 0 Å². The van der Waals surface area contributed by atoms with Crippen LogP contribution in [0.4, 0.5) is 5.82 Å². The van der Waals surface area contributed by atoms with Crippen LogP contribution < -0.4 is 4.90 Å². The van der Waals surface area contributed by atoms with Gasteiger partial charge >= 0.3 is 5.97 Å². The highest BCUT2D eigenvalue weighted by molar-refractivity contribution is 5.94. The average molecular weight is 235 g/mol.